The van der Waals surface area contributed by atoms with E-state index in [9.17, 15) is 10.2 Å². The highest BCUT2D eigenvalue weighted by Gasteiger charge is 2.37. The minimum atomic E-state index is -0.0611. The molecule has 2 atom stereocenters. The van der Waals surface area contributed by atoms with Gasteiger partial charge in [0.25, 0.3) is 0 Å². The molecule has 25 heavy (non-hydrogen) atoms. The zero-order valence-corrected chi connectivity index (χ0v) is 14.7. The third-order valence-electron chi connectivity index (χ3n) is 5.45. The normalized spacial score (nSPS) is 21.2. The first-order chi connectivity index (χ1) is 12.1. The summed E-state index contributed by atoms with van der Waals surface area (Å²) < 4.78 is 5.60. The lowest BCUT2D eigenvalue weighted by Crippen LogP contribution is -2.43. The molecule has 3 N–H and O–H groups in total. The van der Waals surface area contributed by atoms with Crippen molar-refractivity contribution in [1.29, 1.82) is 0 Å². The molecule has 1 aromatic carbocycles. The quantitative estimate of drug-likeness (QED) is 0.749. The van der Waals surface area contributed by atoms with Crippen LogP contribution in [0.15, 0.2) is 18.2 Å². The number of nitrogens with zero attached hydrogens (tertiary/aromatic N) is 1. The molecule has 1 aromatic heterocycles. The minimum Gasteiger partial charge on any atom is -0.504 e. The largest absolute Gasteiger partial charge is 0.504 e. The van der Waals surface area contributed by atoms with Gasteiger partial charge in [0.15, 0.2) is 11.5 Å². The maximum atomic E-state index is 10.0. The summed E-state index contributed by atoms with van der Waals surface area (Å²) >= 11 is 0. The number of phenolic OH excluding ortho intramolecular Hbond substituents is 2. The van der Waals surface area contributed by atoms with Crippen LogP contribution < -0.4 is 10.1 Å². The molecule has 1 aliphatic heterocycles. The summed E-state index contributed by atoms with van der Waals surface area (Å²) in [6.45, 7) is 2.90. The average molecular weight is 340 g/mol. The fraction of sp³-hybridized carbons (Fsp3) is 0.450. The van der Waals surface area contributed by atoms with Crippen LogP contribution >= 0.6 is 0 Å². The number of phenols is 2. The molecular weight excluding hydrogens is 316 g/mol. The van der Waals surface area contributed by atoms with Crippen molar-refractivity contribution in [3.8, 4) is 17.2 Å². The Bertz CT molecular complexity index is 819. The van der Waals surface area contributed by atoms with Gasteiger partial charge in [-0.1, -0.05) is 13.3 Å². The van der Waals surface area contributed by atoms with Crippen molar-refractivity contribution in [3.63, 3.8) is 0 Å². The number of aromatic hydroxyl groups is 2. The number of hydrogen-bond donors (Lipinski definition) is 3. The summed E-state index contributed by atoms with van der Waals surface area (Å²) in [4.78, 5) is 4.88. The predicted octanol–water partition coefficient (Wildman–Crippen LogP) is 3.00. The zero-order chi connectivity index (χ0) is 17.6. The number of pyridine rings is 1. The third kappa shape index (κ3) is 2.63. The molecule has 2 aromatic rings. The second-order valence-corrected chi connectivity index (χ2v) is 6.97. The van der Waals surface area contributed by atoms with Gasteiger partial charge < -0.3 is 20.3 Å². The van der Waals surface area contributed by atoms with Gasteiger partial charge in [-0.25, -0.2) is 0 Å². The summed E-state index contributed by atoms with van der Waals surface area (Å²) in [5, 5.41) is 23.5. The molecule has 5 heteroatoms. The molecule has 0 fully saturated rings. The lowest BCUT2D eigenvalue weighted by atomic mass is 9.73. The van der Waals surface area contributed by atoms with Crippen LogP contribution in [0, 0.1) is 0 Å². The summed E-state index contributed by atoms with van der Waals surface area (Å²) in [7, 11) is 1.69. The van der Waals surface area contributed by atoms with E-state index in [1.54, 1.807) is 19.2 Å². The van der Waals surface area contributed by atoms with Crippen LogP contribution in [0.1, 0.15) is 53.8 Å². The van der Waals surface area contributed by atoms with Gasteiger partial charge in [0.2, 0.25) is 0 Å². The lowest BCUT2D eigenvalue weighted by Gasteiger charge is -2.39. The molecule has 0 unspecified atom stereocenters. The maximum absolute atomic E-state index is 10.0. The number of hydrogen-bond acceptors (Lipinski definition) is 5. The van der Waals surface area contributed by atoms with Crippen LogP contribution in [0.4, 0.5) is 0 Å². The number of nitrogens with one attached hydrogen (secondary N) is 1. The van der Waals surface area contributed by atoms with Crippen molar-refractivity contribution in [2.75, 3.05) is 7.11 Å². The molecule has 0 radical (unpaired) electrons. The predicted molar refractivity (Wildman–Crippen MR) is 95.3 cm³/mol. The zero-order valence-electron chi connectivity index (χ0n) is 14.7. The highest BCUT2D eigenvalue weighted by atomic mass is 16.5. The molecule has 5 nitrogen and oxygen atoms in total. The molecule has 0 saturated heterocycles. The Hall–Kier alpha value is -2.27. The molecular formula is C20H24N2O3. The van der Waals surface area contributed by atoms with E-state index in [1.807, 2.05) is 0 Å². The lowest BCUT2D eigenvalue weighted by molar-refractivity contribution is 0.370. The van der Waals surface area contributed by atoms with E-state index < -0.39 is 0 Å². The Kier molecular flexibility index (Phi) is 4.04. The molecule has 4 rings (SSSR count). The smallest absolute Gasteiger partial charge is 0.157 e. The van der Waals surface area contributed by atoms with Gasteiger partial charge >= 0.3 is 0 Å². The van der Waals surface area contributed by atoms with Gasteiger partial charge in [-0.2, -0.15) is 0 Å². The highest BCUT2D eigenvalue weighted by Crippen LogP contribution is 2.44. The molecule has 0 saturated carbocycles. The van der Waals surface area contributed by atoms with Crippen molar-refractivity contribution in [2.45, 2.75) is 51.1 Å². The molecule has 2 aliphatic rings. The average Bonchev–Trinajstić information content (AvgIpc) is 2.62. The summed E-state index contributed by atoms with van der Waals surface area (Å²) in [5.41, 5.74) is 5.42. The molecule has 132 valence electrons. The van der Waals surface area contributed by atoms with E-state index in [-0.39, 0.29) is 17.4 Å². The number of methoxy groups -OCH3 is 1. The number of fused-ring (bicyclic) bond motifs is 5. The molecule has 0 amide bonds. The molecule has 1 aliphatic carbocycles. The van der Waals surface area contributed by atoms with Gasteiger partial charge in [0.05, 0.1) is 18.5 Å². The van der Waals surface area contributed by atoms with E-state index in [0.29, 0.717) is 6.04 Å². The maximum Gasteiger partial charge on any atom is 0.157 e. The van der Waals surface area contributed by atoms with Gasteiger partial charge in [0.1, 0.15) is 5.75 Å². The number of ether oxygens (including phenoxy) is 1. The van der Waals surface area contributed by atoms with Crippen LogP contribution in [-0.4, -0.2) is 28.3 Å². The number of benzene rings is 1. The topological polar surface area (TPSA) is 74.6 Å². The molecule has 2 heterocycles. The van der Waals surface area contributed by atoms with Crippen molar-refractivity contribution >= 4 is 0 Å². The van der Waals surface area contributed by atoms with Crippen molar-refractivity contribution in [3.05, 3.63) is 46.3 Å². The van der Waals surface area contributed by atoms with E-state index in [0.717, 1.165) is 60.5 Å². The van der Waals surface area contributed by atoms with Gasteiger partial charge in [0, 0.05) is 18.5 Å². The van der Waals surface area contributed by atoms with Gasteiger partial charge in [-0.15, -0.1) is 0 Å². The van der Waals surface area contributed by atoms with Crippen LogP contribution in [0.25, 0.3) is 0 Å². The summed E-state index contributed by atoms with van der Waals surface area (Å²) in [6.07, 6.45) is 3.82. The monoisotopic (exact) mass is 340 g/mol. The van der Waals surface area contributed by atoms with Crippen molar-refractivity contribution < 1.29 is 14.9 Å². The number of rotatable bonds is 3. The van der Waals surface area contributed by atoms with Crippen molar-refractivity contribution in [2.24, 2.45) is 0 Å². The summed E-state index contributed by atoms with van der Waals surface area (Å²) in [6, 6.07) is 5.85. The van der Waals surface area contributed by atoms with Crippen LogP contribution in [0.5, 0.6) is 17.2 Å². The fourth-order valence-corrected chi connectivity index (χ4v) is 4.26. The first-order valence-corrected chi connectivity index (χ1v) is 8.97. The van der Waals surface area contributed by atoms with Crippen molar-refractivity contribution in [1.82, 2.24) is 10.3 Å². The van der Waals surface area contributed by atoms with Crippen LogP contribution in [0.3, 0.4) is 0 Å². The van der Waals surface area contributed by atoms with Crippen LogP contribution in [-0.2, 0) is 19.4 Å². The first kappa shape index (κ1) is 16.2. The molecule has 0 bridgehead atoms. The number of aromatic nitrogens is 1. The second-order valence-electron chi connectivity index (χ2n) is 6.97. The SMILES string of the molecule is CCCc1nc2c(cc1OC)[C@@H]1c3cc(O)c(O)cc3CC[C@H]1NC2. The second kappa shape index (κ2) is 6.23. The Morgan fingerprint density at radius 3 is 2.76 bits per heavy atom. The molecule has 0 spiro atoms. The third-order valence-corrected chi connectivity index (χ3v) is 5.45. The Morgan fingerprint density at radius 1 is 1.20 bits per heavy atom. The van der Waals surface area contributed by atoms with E-state index in [2.05, 4.69) is 18.3 Å². The first-order valence-electron chi connectivity index (χ1n) is 8.97. The Labute approximate surface area is 147 Å². The summed E-state index contributed by atoms with van der Waals surface area (Å²) in [5.74, 6) is 0.858. The highest BCUT2D eigenvalue weighted by molar-refractivity contribution is 5.53. The van der Waals surface area contributed by atoms with Gasteiger partial charge in [-0.3, -0.25) is 4.98 Å². The Balaban J connectivity index is 1.86. The van der Waals surface area contributed by atoms with Gasteiger partial charge in [-0.05, 0) is 54.2 Å². The number of aryl methyl sites for hydroxylation is 2. The van der Waals surface area contributed by atoms with E-state index in [4.69, 9.17) is 9.72 Å². The fourth-order valence-electron chi connectivity index (χ4n) is 4.26. The van der Waals surface area contributed by atoms with E-state index in [1.165, 1.54) is 5.56 Å². The minimum absolute atomic E-state index is 0.0461. The standard InChI is InChI=1S/C20H24N2O3/c1-3-4-14-19(25-2)9-13-16(22-14)10-21-15-6-5-11-7-17(23)18(24)8-12(11)20(13)15/h7-9,15,20-21,23-24H,3-6,10H2,1-2H3/t15-,20+/m1/s1. The van der Waals surface area contributed by atoms with E-state index >= 15 is 0 Å². The Morgan fingerprint density at radius 2 is 2.00 bits per heavy atom. The van der Waals surface area contributed by atoms with Crippen LogP contribution in [0.2, 0.25) is 0 Å².